The summed E-state index contributed by atoms with van der Waals surface area (Å²) in [6.45, 7) is 0.463. The van der Waals surface area contributed by atoms with Crippen LogP contribution < -0.4 is 10.5 Å². The second-order valence-corrected chi connectivity index (χ2v) is 4.10. The van der Waals surface area contributed by atoms with Crippen LogP contribution in [0.25, 0.3) is 0 Å². The number of halogens is 1. The molecule has 1 aromatic heterocycles. The standard InChI is InChI=1S/C12H14ClN3O/c1-17-11-4-2-9(3-5-11)12(6-14)16-8-10(13)7-15-16/h2-5,7-8,12H,6,14H2,1H3. The Kier molecular flexibility index (Phi) is 3.66. The summed E-state index contributed by atoms with van der Waals surface area (Å²) in [6.07, 6.45) is 3.37. The zero-order valence-electron chi connectivity index (χ0n) is 9.51. The van der Waals surface area contributed by atoms with Gasteiger partial charge in [0.15, 0.2) is 0 Å². The van der Waals surface area contributed by atoms with Crippen LogP contribution in [0.1, 0.15) is 11.6 Å². The summed E-state index contributed by atoms with van der Waals surface area (Å²) in [6, 6.07) is 7.76. The molecule has 0 aliphatic carbocycles. The second-order valence-electron chi connectivity index (χ2n) is 3.66. The SMILES string of the molecule is COc1ccc(C(CN)n2cc(Cl)cn2)cc1. The lowest BCUT2D eigenvalue weighted by Crippen LogP contribution is -2.20. The van der Waals surface area contributed by atoms with Crippen LogP contribution in [0.2, 0.25) is 5.02 Å². The molecule has 2 rings (SSSR count). The molecule has 0 saturated heterocycles. The largest absolute Gasteiger partial charge is 0.497 e. The molecule has 5 heteroatoms. The van der Waals surface area contributed by atoms with E-state index in [0.29, 0.717) is 11.6 Å². The lowest BCUT2D eigenvalue weighted by molar-refractivity contribution is 0.414. The van der Waals surface area contributed by atoms with Gasteiger partial charge in [-0.25, -0.2) is 0 Å². The maximum absolute atomic E-state index is 5.85. The number of hydrogen-bond acceptors (Lipinski definition) is 3. The van der Waals surface area contributed by atoms with Crippen molar-refractivity contribution in [2.45, 2.75) is 6.04 Å². The zero-order chi connectivity index (χ0) is 12.3. The van der Waals surface area contributed by atoms with Crippen molar-refractivity contribution in [3.8, 4) is 5.75 Å². The predicted octanol–water partition coefficient (Wildman–Crippen LogP) is 2.09. The molecule has 1 unspecified atom stereocenters. The molecule has 0 saturated carbocycles. The first-order chi connectivity index (χ1) is 8.24. The zero-order valence-corrected chi connectivity index (χ0v) is 10.3. The number of aromatic nitrogens is 2. The quantitative estimate of drug-likeness (QED) is 0.905. The third kappa shape index (κ3) is 2.60. The average molecular weight is 252 g/mol. The molecule has 0 radical (unpaired) electrons. The highest BCUT2D eigenvalue weighted by Gasteiger charge is 2.12. The van der Waals surface area contributed by atoms with Crippen molar-refractivity contribution in [1.29, 1.82) is 0 Å². The van der Waals surface area contributed by atoms with Gasteiger partial charge in [-0.05, 0) is 17.7 Å². The number of hydrogen-bond donors (Lipinski definition) is 1. The molecule has 2 N–H and O–H groups in total. The van der Waals surface area contributed by atoms with Crippen LogP contribution >= 0.6 is 11.6 Å². The summed E-state index contributed by atoms with van der Waals surface area (Å²) in [5.74, 6) is 0.822. The van der Waals surface area contributed by atoms with Gasteiger partial charge in [0.2, 0.25) is 0 Å². The molecule has 1 atom stereocenters. The molecule has 4 nitrogen and oxygen atoms in total. The lowest BCUT2D eigenvalue weighted by atomic mass is 10.1. The summed E-state index contributed by atoms with van der Waals surface area (Å²) in [5.41, 5.74) is 6.86. The van der Waals surface area contributed by atoms with Crippen molar-refractivity contribution in [2.24, 2.45) is 5.73 Å². The Hall–Kier alpha value is -1.52. The van der Waals surface area contributed by atoms with Crippen LogP contribution in [0.4, 0.5) is 0 Å². The number of benzene rings is 1. The third-order valence-electron chi connectivity index (χ3n) is 2.61. The normalized spacial score (nSPS) is 12.4. The van der Waals surface area contributed by atoms with Crippen molar-refractivity contribution in [3.63, 3.8) is 0 Å². The van der Waals surface area contributed by atoms with Crippen LogP contribution in [0, 0.1) is 0 Å². The van der Waals surface area contributed by atoms with Gasteiger partial charge < -0.3 is 10.5 Å². The van der Waals surface area contributed by atoms with E-state index in [4.69, 9.17) is 22.1 Å². The Labute approximate surface area is 105 Å². The summed E-state index contributed by atoms with van der Waals surface area (Å²) >= 11 is 5.85. The van der Waals surface area contributed by atoms with Crippen LogP contribution in [0.5, 0.6) is 5.75 Å². The van der Waals surface area contributed by atoms with Gasteiger partial charge in [-0.15, -0.1) is 0 Å². The van der Waals surface area contributed by atoms with Crippen molar-refractivity contribution in [1.82, 2.24) is 9.78 Å². The first-order valence-electron chi connectivity index (χ1n) is 5.28. The van der Waals surface area contributed by atoms with Gasteiger partial charge in [-0.3, -0.25) is 4.68 Å². The molecular weight excluding hydrogens is 238 g/mol. The fraction of sp³-hybridized carbons (Fsp3) is 0.250. The minimum atomic E-state index is -0.00611. The molecule has 1 heterocycles. The van der Waals surface area contributed by atoms with Gasteiger partial charge in [0, 0.05) is 12.7 Å². The Morgan fingerprint density at radius 1 is 1.41 bits per heavy atom. The van der Waals surface area contributed by atoms with Gasteiger partial charge in [0.05, 0.1) is 24.4 Å². The lowest BCUT2D eigenvalue weighted by Gasteiger charge is -2.16. The fourth-order valence-electron chi connectivity index (χ4n) is 1.71. The topological polar surface area (TPSA) is 53.1 Å². The van der Waals surface area contributed by atoms with Crippen LogP contribution in [-0.4, -0.2) is 23.4 Å². The van der Waals surface area contributed by atoms with E-state index in [1.54, 1.807) is 24.2 Å². The fourth-order valence-corrected chi connectivity index (χ4v) is 1.85. The highest BCUT2D eigenvalue weighted by molar-refractivity contribution is 6.30. The van der Waals surface area contributed by atoms with Gasteiger partial charge in [0.25, 0.3) is 0 Å². The minimum Gasteiger partial charge on any atom is -0.497 e. The molecule has 0 fully saturated rings. The number of ether oxygens (including phenoxy) is 1. The third-order valence-corrected chi connectivity index (χ3v) is 2.81. The molecule has 0 bridgehead atoms. The monoisotopic (exact) mass is 251 g/mol. The first-order valence-corrected chi connectivity index (χ1v) is 5.66. The molecular formula is C12H14ClN3O. The molecule has 0 spiro atoms. The Morgan fingerprint density at radius 3 is 2.59 bits per heavy atom. The van der Waals surface area contributed by atoms with E-state index in [2.05, 4.69) is 5.10 Å². The van der Waals surface area contributed by atoms with Gasteiger partial charge >= 0.3 is 0 Å². The van der Waals surface area contributed by atoms with E-state index in [1.807, 2.05) is 24.3 Å². The molecule has 2 aromatic rings. The van der Waals surface area contributed by atoms with E-state index in [0.717, 1.165) is 11.3 Å². The smallest absolute Gasteiger partial charge is 0.118 e. The number of methoxy groups -OCH3 is 1. The van der Waals surface area contributed by atoms with Crippen LogP contribution in [0.15, 0.2) is 36.7 Å². The minimum absolute atomic E-state index is 0.00611. The molecule has 0 aliphatic heterocycles. The Morgan fingerprint density at radius 2 is 2.12 bits per heavy atom. The average Bonchev–Trinajstić information content (AvgIpc) is 2.78. The first kappa shape index (κ1) is 12.0. The summed E-state index contributed by atoms with van der Waals surface area (Å²) in [5, 5.41) is 4.79. The van der Waals surface area contributed by atoms with Crippen molar-refractivity contribution in [3.05, 3.63) is 47.2 Å². The van der Waals surface area contributed by atoms with Gasteiger partial charge in [-0.2, -0.15) is 5.10 Å². The molecule has 1 aromatic carbocycles. The van der Waals surface area contributed by atoms with Crippen LogP contribution in [0.3, 0.4) is 0 Å². The predicted molar refractivity (Wildman–Crippen MR) is 67.4 cm³/mol. The summed E-state index contributed by atoms with van der Waals surface area (Å²) < 4.78 is 6.89. The summed E-state index contributed by atoms with van der Waals surface area (Å²) in [7, 11) is 1.64. The molecule has 90 valence electrons. The molecule has 0 aliphatic rings. The van der Waals surface area contributed by atoms with Gasteiger partial charge in [0.1, 0.15) is 5.75 Å². The molecule has 0 amide bonds. The summed E-state index contributed by atoms with van der Waals surface area (Å²) in [4.78, 5) is 0. The van der Waals surface area contributed by atoms with Crippen molar-refractivity contribution < 1.29 is 4.74 Å². The van der Waals surface area contributed by atoms with E-state index in [9.17, 15) is 0 Å². The van der Waals surface area contributed by atoms with Gasteiger partial charge in [-0.1, -0.05) is 23.7 Å². The number of nitrogens with two attached hydrogens (primary N) is 1. The maximum atomic E-state index is 5.85. The van der Waals surface area contributed by atoms with Crippen molar-refractivity contribution >= 4 is 11.6 Å². The van der Waals surface area contributed by atoms with Crippen LogP contribution in [-0.2, 0) is 0 Å². The second kappa shape index (κ2) is 5.21. The maximum Gasteiger partial charge on any atom is 0.118 e. The highest BCUT2D eigenvalue weighted by atomic mass is 35.5. The number of nitrogens with zero attached hydrogens (tertiary/aromatic N) is 2. The van der Waals surface area contributed by atoms with E-state index in [1.165, 1.54) is 0 Å². The van der Waals surface area contributed by atoms with Crippen molar-refractivity contribution in [2.75, 3.05) is 13.7 Å². The molecule has 17 heavy (non-hydrogen) atoms. The Bertz CT molecular complexity index is 481. The Balaban J connectivity index is 2.28. The number of rotatable bonds is 4. The van der Waals surface area contributed by atoms with E-state index in [-0.39, 0.29) is 6.04 Å². The highest BCUT2D eigenvalue weighted by Crippen LogP contribution is 2.21. The van der Waals surface area contributed by atoms with E-state index >= 15 is 0 Å². The van der Waals surface area contributed by atoms with E-state index < -0.39 is 0 Å².